The first-order chi connectivity index (χ1) is 15.0. The average molecular weight is 433 g/mol. The topological polar surface area (TPSA) is 60.3 Å². The molecule has 0 fully saturated rings. The van der Waals surface area contributed by atoms with Gasteiger partial charge in [0.2, 0.25) is 0 Å². The minimum Gasteiger partial charge on any atom is -0.469 e. The minimum absolute atomic E-state index is 0.192. The Morgan fingerprint density at radius 1 is 0.935 bits per heavy atom. The highest BCUT2D eigenvalue weighted by Crippen LogP contribution is 2.23. The number of aromatic nitrogens is 1. The van der Waals surface area contributed by atoms with Crippen molar-refractivity contribution in [2.45, 2.75) is 13.0 Å². The number of hydrogen-bond donors (Lipinski definition) is 1. The number of halogens is 1. The summed E-state index contributed by atoms with van der Waals surface area (Å²) in [7, 11) is 1.36. The largest absolute Gasteiger partial charge is 0.469 e. The van der Waals surface area contributed by atoms with Gasteiger partial charge in [-0.3, -0.25) is 9.59 Å². The van der Waals surface area contributed by atoms with Gasteiger partial charge in [-0.25, -0.2) is 0 Å². The van der Waals surface area contributed by atoms with Crippen LogP contribution in [0.2, 0.25) is 5.02 Å². The van der Waals surface area contributed by atoms with Crippen LogP contribution in [0.15, 0.2) is 79.0 Å². The van der Waals surface area contributed by atoms with Crippen molar-refractivity contribution < 1.29 is 14.3 Å². The van der Waals surface area contributed by atoms with Gasteiger partial charge in [-0.05, 0) is 47.5 Å². The quantitative estimate of drug-likeness (QED) is 0.420. The van der Waals surface area contributed by atoms with Crippen molar-refractivity contribution in [3.05, 3.63) is 101 Å². The number of esters is 1. The summed E-state index contributed by atoms with van der Waals surface area (Å²) in [4.78, 5) is 24.5. The molecule has 0 saturated carbocycles. The summed E-state index contributed by atoms with van der Waals surface area (Å²) in [6, 6.07) is 22.5. The number of fused-ring (bicyclic) bond motifs is 1. The highest BCUT2D eigenvalue weighted by atomic mass is 35.5. The number of para-hydroxylation sites is 1. The third-order valence-electron chi connectivity index (χ3n) is 5.09. The number of carbonyl (C=O) groups excluding carboxylic acids is 2. The summed E-state index contributed by atoms with van der Waals surface area (Å²) in [6.45, 7) is 0.632. The van der Waals surface area contributed by atoms with Gasteiger partial charge in [0.15, 0.2) is 0 Å². The van der Waals surface area contributed by atoms with Crippen LogP contribution >= 0.6 is 11.6 Å². The lowest BCUT2D eigenvalue weighted by molar-refractivity contribution is -0.139. The van der Waals surface area contributed by atoms with Crippen LogP contribution in [0.3, 0.4) is 0 Å². The van der Waals surface area contributed by atoms with Crippen molar-refractivity contribution in [2.75, 3.05) is 12.4 Å². The average Bonchev–Trinajstić information content (AvgIpc) is 3.19. The van der Waals surface area contributed by atoms with E-state index in [0.29, 0.717) is 22.8 Å². The summed E-state index contributed by atoms with van der Waals surface area (Å²) < 4.78 is 6.74. The maximum atomic E-state index is 13.1. The van der Waals surface area contributed by atoms with E-state index in [9.17, 15) is 9.59 Å². The van der Waals surface area contributed by atoms with Gasteiger partial charge in [0.25, 0.3) is 5.91 Å². The standard InChI is InChI=1S/C25H21ClN2O3/c1-31-23(29)15-17-7-11-21(12-8-17)27-25(30)22-4-2-3-19-13-14-28(24(19)22)16-18-5-9-20(26)10-6-18/h2-14H,15-16H2,1H3,(H,27,30). The molecule has 1 amide bonds. The summed E-state index contributed by atoms with van der Waals surface area (Å²) in [5.74, 6) is -0.493. The molecule has 0 aliphatic rings. The van der Waals surface area contributed by atoms with Crippen molar-refractivity contribution in [3.63, 3.8) is 0 Å². The maximum Gasteiger partial charge on any atom is 0.309 e. The van der Waals surface area contributed by atoms with Gasteiger partial charge in [0.05, 0.1) is 24.6 Å². The van der Waals surface area contributed by atoms with E-state index in [0.717, 1.165) is 22.0 Å². The molecule has 0 aliphatic carbocycles. The van der Waals surface area contributed by atoms with E-state index in [-0.39, 0.29) is 18.3 Å². The van der Waals surface area contributed by atoms with E-state index in [4.69, 9.17) is 11.6 Å². The number of nitrogens with zero attached hydrogens (tertiary/aromatic N) is 1. The normalized spacial score (nSPS) is 10.8. The molecule has 0 atom stereocenters. The molecule has 0 spiro atoms. The lowest BCUT2D eigenvalue weighted by Gasteiger charge is -2.11. The third kappa shape index (κ3) is 4.78. The molecule has 0 radical (unpaired) electrons. The molecule has 31 heavy (non-hydrogen) atoms. The lowest BCUT2D eigenvalue weighted by Crippen LogP contribution is -2.14. The maximum absolute atomic E-state index is 13.1. The summed E-state index contributed by atoms with van der Waals surface area (Å²) >= 11 is 5.99. The van der Waals surface area contributed by atoms with Crippen LogP contribution in [0.1, 0.15) is 21.5 Å². The van der Waals surface area contributed by atoms with Crippen molar-refractivity contribution in [2.24, 2.45) is 0 Å². The number of ether oxygens (including phenoxy) is 1. The van der Waals surface area contributed by atoms with Gasteiger partial charge in [-0.2, -0.15) is 0 Å². The highest BCUT2D eigenvalue weighted by molar-refractivity contribution is 6.30. The van der Waals surface area contributed by atoms with E-state index >= 15 is 0 Å². The van der Waals surface area contributed by atoms with Gasteiger partial charge in [0, 0.05) is 28.8 Å². The van der Waals surface area contributed by atoms with Crippen LogP contribution in [0.4, 0.5) is 5.69 Å². The molecule has 0 bridgehead atoms. The summed E-state index contributed by atoms with van der Waals surface area (Å²) in [6.07, 6.45) is 2.18. The molecular weight excluding hydrogens is 412 g/mol. The first-order valence-corrected chi connectivity index (χ1v) is 10.2. The fraction of sp³-hybridized carbons (Fsp3) is 0.120. The monoisotopic (exact) mass is 432 g/mol. The minimum atomic E-state index is -0.301. The van der Waals surface area contributed by atoms with Gasteiger partial charge >= 0.3 is 5.97 Å². The van der Waals surface area contributed by atoms with E-state index in [1.807, 2.05) is 54.7 Å². The molecule has 0 saturated heterocycles. The molecule has 156 valence electrons. The number of benzene rings is 3. The molecule has 6 heteroatoms. The van der Waals surface area contributed by atoms with Gasteiger partial charge in [-0.15, -0.1) is 0 Å². The van der Waals surface area contributed by atoms with Gasteiger partial charge in [-0.1, -0.05) is 48.0 Å². The van der Waals surface area contributed by atoms with Crippen LogP contribution < -0.4 is 5.32 Å². The van der Waals surface area contributed by atoms with Crippen molar-refractivity contribution in [1.82, 2.24) is 4.57 Å². The van der Waals surface area contributed by atoms with Crippen molar-refractivity contribution in [1.29, 1.82) is 0 Å². The number of carbonyl (C=O) groups is 2. The predicted molar refractivity (Wildman–Crippen MR) is 123 cm³/mol. The van der Waals surface area contributed by atoms with Crippen LogP contribution in [0.5, 0.6) is 0 Å². The number of nitrogens with one attached hydrogen (secondary N) is 1. The number of anilines is 1. The first-order valence-electron chi connectivity index (χ1n) is 9.83. The molecule has 4 aromatic rings. The second-order valence-corrected chi connectivity index (χ2v) is 7.65. The van der Waals surface area contributed by atoms with Crippen LogP contribution in [-0.2, 0) is 22.5 Å². The van der Waals surface area contributed by atoms with Crippen molar-refractivity contribution in [3.8, 4) is 0 Å². The first kappa shape index (κ1) is 20.7. The zero-order valence-corrected chi connectivity index (χ0v) is 17.7. The number of methoxy groups -OCH3 is 1. The Labute approximate surface area is 185 Å². The molecule has 4 rings (SSSR count). The molecule has 0 unspecified atom stereocenters. The lowest BCUT2D eigenvalue weighted by atomic mass is 10.1. The van der Waals surface area contributed by atoms with Gasteiger partial charge in [0.1, 0.15) is 0 Å². The molecule has 5 nitrogen and oxygen atoms in total. The zero-order valence-electron chi connectivity index (χ0n) is 17.0. The fourth-order valence-corrected chi connectivity index (χ4v) is 3.63. The smallest absolute Gasteiger partial charge is 0.309 e. The number of hydrogen-bond acceptors (Lipinski definition) is 3. The summed E-state index contributed by atoms with van der Waals surface area (Å²) in [5.41, 5.74) is 4.04. The Balaban J connectivity index is 1.57. The Morgan fingerprint density at radius 3 is 2.35 bits per heavy atom. The molecule has 0 aliphatic heterocycles. The summed E-state index contributed by atoms with van der Waals surface area (Å²) in [5, 5.41) is 4.64. The van der Waals surface area contributed by atoms with E-state index < -0.39 is 0 Å². The van der Waals surface area contributed by atoms with E-state index in [2.05, 4.69) is 14.6 Å². The Bertz CT molecular complexity index is 1230. The fourth-order valence-electron chi connectivity index (χ4n) is 3.51. The van der Waals surface area contributed by atoms with E-state index in [1.54, 1.807) is 24.3 Å². The van der Waals surface area contributed by atoms with Crippen LogP contribution in [0.25, 0.3) is 10.9 Å². The SMILES string of the molecule is COC(=O)Cc1ccc(NC(=O)c2cccc3ccn(Cc4ccc(Cl)cc4)c23)cc1. The second kappa shape index (κ2) is 9.06. The highest BCUT2D eigenvalue weighted by Gasteiger charge is 2.14. The zero-order chi connectivity index (χ0) is 21.8. The van der Waals surface area contributed by atoms with E-state index in [1.165, 1.54) is 7.11 Å². The van der Waals surface area contributed by atoms with Crippen LogP contribution in [0, 0.1) is 0 Å². The van der Waals surface area contributed by atoms with Crippen LogP contribution in [-0.4, -0.2) is 23.6 Å². The third-order valence-corrected chi connectivity index (χ3v) is 5.34. The molecule has 1 N–H and O–H groups in total. The molecule has 1 aromatic heterocycles. The Hall–Kier alpha value is -3.57. The molecule has 1 heterocycles. The molecule has 3 aromatic carbocycles. The number of rotatable bonds is 6. The second-order valence-electron chi connectivity index (χ2n) is 7.22. The van der Waals surface area contributed by atoms with Crippen molar-refractivity contribution >= 4 is 40.1 Å². The van der Waals surface area contributed by atoms with Gasteiger partial charge < -0.3 is 14.6 Å². The number of amides is 1. The predicted octanol–water partition coefficient (Wildman–Crippen LogP) is 5.31. The Kier molecular flexibility index (Phi) is 6.05. The Morgan fingerprint density at radius 2 is 1.65 bits per heavy atom. The molecular formula is C25H21ClN2O3.